The van der Waals surface area contributed by atoms with E-state index in [1.807, 2.05) is 48.6 Å². The maximum atomic E-state index is 12.9. The predicted octanol–water partition coefficient (Wildman–Crippen LogP) is 0.943. The number of benzene rings is 1. The van der Waals surface area contributed by atoms with Crippen LogP contribution in [0.1, 0.15) is 11.6 Å². The smallest absolute Gasteiger partial charge is 0.244 e. The standard InChI is InChI=1S/C17H20N6O/c1-21-11-14(9-19-21)16-10-18-6-7-22(16)17(24)12-23-15-5-3-2-4-13(15)8-20-23/h2-5,8-9,11,16,18H,6-7,10,12H2,1H3. The van der Waals surface area contributed by atoms with Gasteiger partial charge in [-0.1, -0.05) is 18.2 Å². The number of aryl methyl sites for hydroxylation is 1. The lowest BCUT2D eigenvalue weighted by Gasteiger charge is -2.35. The van der Waals surface area contributed by atoms with Gasteiger partial charge in [0.25, 0.3) is 0 Å². The Hall–Kier alpha value is -2.67. The average Bonchev–Trinajstić information content (AvgIpc) is 3.22. The first-order valence-corrected chi connectivity index (χ1v) is 8.11. The Labute approximate surface area is 139 Å². The van der Waals surface area contributed by atoms with Crippen LogP contribution in [0.5, 0.6) is 0 Å². The van der Waals surface area contributed by atoms with E-state index in [0.717, 1.165) is 29.6 Å². The summed E-state index contributed by atoms with van der Waals surface area (Å²) in [6, 6.07) is 7.96. The zero-order chi connectivity index (χ0) is 16.5. The molecule has 1 unspecified atom stereocenters. The van der Waals surface area contributed by atoms with Crippen LogP contribution >= 0.6 is 0 Å². The van der Waals surface area contributed by atoms with Gasteiger partial charge in [-0.05, 0) is 6.07 Å². The molecule has 1 aliphatic rings. The highest BCUT2D eigenvalue weighted by molar-refractivity contribution is 5.82. The molecule has 0 bridgehead atoms. The molecule has 1 aliphatic heterocycles. The van der Waals surface area contributed by atoms with Crippen molar-refractivity contribution in [3.63, 3.8) is 0 Å². The third kappa shape index (κ3) is 2.67. The molecule has 1 atom stereocenters. The largest absolute Gasteiger partial charge is 0.331 e. The molecule has 7 nitrogen and oxygen atoms in total. The monoisotopic (exact) mass is 324 g/mol. The third-order valence-electron chi connectivity index (χ3n) is 4.51. The molecule has 0 saturated carbocycles. The summed E-state index contributed by atoms with van der Waals surface area (Å²) in [6.45, 7) is 2.50. The van der Waals surface area contributed by atoms with Gasteiger partial charge < -0.3 is 10.2 Å². The van der Waals surface area contributed by atoms with Gasteiger partial charge in [0.2, 0.25) is 5.91 Å². The summed E-state index contributed by atoms with van der Waals surface area (Å²) in [5, 5.41) is 13.0. The minimum Gasteiger partial charge on any atom is -0.331 e. The Morgan fingerprint density at radius 2 is 2.17 bits per heavy atom. The molecule has 24 heavy (non-hydrogen) atoms. The Morgan fingerprint density at radius 1 is 1.29 bits per heavy atom. The summed E-state index contributed by atoms with van der Waals surface area (Å²) in [6.07, 6.45) is 5.61. The molecule has 1 fully saturated rings. The number of hydrogen-bond acceptors (Lipinski definition) is 4. The average molecular weight is 324 g/mol. The molecule has 0 aliphatic carbocycles. The van der Waals surface area contributed by atoms with Gasteiger partial charge in [-0.15, -0.1) is 0 Å². The molecular formula is C17H20N6O. The molecule has 0 spiro atoms. The van der Waals surface area contributed by atoms with Crippen LogP contribution in [0.3, 0.4) is 0 Å². The van der Waals surface area contributed by atoms with E-state index < -0.39 is 0 Å². The highest BCUT2D eigenvalue weighted by Gasteiger charge is 2.29. The number of rotatable bonds is 3. The Morgan fingerprint density at radius 3 is 3.00 bits per heavy atom. The van der Waals surface area contributed by atoms with Gasteiger partial charge in [0.05, 0.1) is 24.0 Å². The van der Waals surface area contributed by atoms with E-state index in [1.54, 1.807) is 15.6 Å². The fourth-order valence-electron chi connectivity index (χ4n) is 3.28. The van der Waals surface area contributed by atoms with Gasteiger partial charge in [-0.2, -0.15) is 10.2 Å². The van der Waals surface area contributed by atoms with Gasteiger partial charge in [-0.25, -0.2) is 0 Å². The summed E-state index contributed by atoms with van der Waals surface area (Å²) in [4.78, 5) is 14.8. The first-order chi connectivity index (χ1) is 11.7. The lowest BCUT2D eigenvalue weighted by Crippen LogP contribution is -2.49. The number of piperazine rings is 1. The van der Waals surface area contributed by atoms with Gasteiger partial charge in [0.1, 0.15) is 6.54 Å². The normalized spacial score (nSPS) is 18.2. The second kappa shape index (κ2) is 6.09. The van der Waals surface area contributed by atoms with Gasteiger partial charge >= 0.3 is 0 Å². The van der Waals surface area contributed by atoms with Crippen LogP contribution in [-0.4, -0.2) is 50.0 Å². The van der Waals surface area contributed by atoms with Crippen molar-refractivity contribution in [3.05, 3.63) is 48.4 Å². The lowest BCUT2D eigenvalue weighted by atomic mass is 10.1. The van der Waals surface area contributed by atoms with Crippen LogP contribution in [-0.2, 0) is 18.4 Å². The number of carbonyl (C=O) groups is 1. The van der Waals surface area contributed by atoms with E-state index in [2.05, 4.69) is 15.5 Å². The van der Waals surface area contributed by atoms with Crippen LogP contribution in [0.15, 0.2) is 42.9 Å². The van der Waals surface area contributed by atoms with E-state index in [4.69, 9.17) is 0 Å². The molecule has 4 rings (SSSR count). The van der Waals surface area contributed by atoms with Gasteiger partial charge in [-0.3, -0.25) is 14.2 Å². The first-order valence-electron chi connectivity index (χ1n) is 8.11. The molecule has 3 heterocycles. The molecule has 1 N–H and O–H groups in total. The quantitative estimate of drug-likeness (QED) is 0.779. The molecule has 124 valence electrons. The Kier molecular flexibility index (Phi) is 3.78. The Bertz CT molecular complexity index is 867. The topological polar surface area (TPSA) is 68.0 Å². The number of nitrogens with one attached hydrogen (secondary N) is 1. The first kappa shape index (κ1) is 14.9. The maximum absolute atomic E-state index is 12.9. The highest BCUT2D eigenvalue weighted by atomic mass is 16.2. The van der Waals surface area contributed by atoms with E-state index >= 15 is 0 Å². The number of amides is 1. The molecule has 2 aromatic heterocycles. The number of nitrogens with zero attached hydrogens (tertiary/aromatic N) is 5. The summed E-state index contributed by atoms with van der Waals surface area (Å²) >= 11 is 0. The number of para-hydroxylation sites is 1. The van der Waals surface area contributed by atoms with E-state index in [9.17, 15) is 4.79 Å². The number of hydrogen-bond donors (Lipinski definition) is 1. The molecule has 1 amide bonds. The van der Waals surface area contributed by atoms with Crippen LogP contribution < -0.4 is 5.32 Å². The van der Waals surface area contributed by atoms with Crippen molar-refractivity contribution in [3.8, 4) is 0 Å². The van der Waals surface area contributed by atoms with Crippen LogP contribution in [0, 0.1) is 0 Å². The molecule has 1 saturated heterocycles. The molecule has 3 aromatic rings. The SMILES string of the molecule is Cn1cc(C2CNCCN2C(=O)Cn2ncc3ccccc32)cn1. The van der Waals surface area contributed by atoms with Crippen LogP contribution in [0.25, 0.3) is 10.9 Å². The maximum Gasteiger partial charge on any atom is 0.244 e. The molecule has 1 aromatic carbocycles. The van der Waals surface area contributed by atoms with E-state index in [1.165, 1.54) is 0 Å². The lowest BCUT2D eigenvalue weighted by molar-refractivity contribution is -0.135. The van der Waals surface area contributed by atoms with E-state index in [0.29, 0.717) is 6.54 Å². The van der Waals surface area contributed by atoms with Crippen LogP contribution in [0.2, 0.25) is 0 Å². The second-order valence-electron chi connectivity index (χ2n) is 6.12. The van der Waals surface area contributed by atoms with Crippen molar-refractivity contribution in [1.29, 1.82) is 0 Å². The molecule has 0 radical (unpaired) electrons. The summed E-state index contributed by atoms with van der Waals surface area (Å²) in [7, 11) is 1.89. The molecular weight excluding hydrogens is 304 g/mol. The third-order valence-corrected chi connectivity index (χ3v) is 4.51. The van der Waals surface area contributed by atoms with E-state index in [-0.39, 0.29) is 18.5 Å². The summed E-state index contributed by atoms with van der Waals surface area (Å²) in [5.41, 5.74) is 2.04. The van der Waals surface area contributed by atoms with Gasteiger partial charge in [0, 0.05) is 43.8 Å². The fourth-order valence-corrected chi connectivity index (χ4v) is 3.28. The Balaban J connectivity index is 1.57. The summed E-state index contributed by atoms with van der Waals surface area (Å²) in [5.74, 6) is 0.0826. The highest BCUT2D eigenvalue weighted by Crippen LogP contribution is 2.22. The molecule has 7 heteroatoms. The van der Waals surface area contributed by atoms with Crippen molar-refractivity contribution in [2.24, 2.45) is 7.05 Å². The minimum atomic E-state index is 0.0155. The minimum absolute atomic E-state index is 0.0155. The van der Waals surface area contributed by atoms with Crippen molar-refractivity contribution in [2.75, 3.05) is 19.6 Å². The number of carbonyl (C=O) groups excluding carboxylic acids is 1. The van der Waals surface area contributed by atoms with Gasteiger partial charge in [0.15, 0.2) is 0 Å². The van der Waals surface area contributed by atoms with Crippen LogP contribution in [0.4, 0.5) is 0 Å². The zero-order valence-corrected chi connectivity index (χ0v) is 13.6. The number of fused-ring (bicyclic) bond motifs is 1. The summed E-state index contributed by atoms with van der Waals surface area (Å²) < 4.78 is 3.55. The van der Waals surface area contributed by atoms with Crippen molar-refractivity contribution < 1.29 is 4.79 Å². The second-order valence-corrected chi connectivity index (χ2v) is 6.12. The zero-order valence-electron chi connectivity index (χ0n) is 13.6. The predicted molar refractivity (Wildman–Crippen MR) is 90.3 cm³/mol. The van der Waals surface area contributed by atoms with Crippen molar-refractivity contribution in [2.45, 2.75) is 12.6 Å². The number of aromatic nitrogens is 4. The van der Waals surface area contributed by atoms with Crippen molar-refractivity contribution in [1.82, 2.24) is 29.8 Å². The van der Waals surface area contributed by atoms with Crippen molar-refractivity contribution >= 4 is 16.8 Å². The fraction of sp³-hybridized carbons (Fsp3) is 0.353.